The van der Waals surface area contributed by atoms with Gasteiger partial charge in [-0.05, 0) is 37.6 Å². The second-order valence-corrected chi connectivity index (χ2v) is 5.07. The smallest absolute Gasteiger partial charge is 0.258 e. The SMILES string of the molecule is Cc1cc(C(=O)Nc2cccc(CO)c2)c2c(C)noc2n1. The van der Waals surface area contributed by atoms with Crippen LogP contribution in [0, 0.1) is 13.8 Å². The van der Waals surface area contributed by atoms with Crippen molar-refractivity contribution in [2.75, 3.05) is 5.32 Å². The maximum absolute atomic E-state index is 12.6. The van der Waals surface area contributed by atoms with Crippen molar-refractivity contribution in [3.05, 3.63) is 52.8 Å². The maximum atomic E-state index is 12.6. The fourth-order valence-corrected chi connectivity index (χ4v) is 2.34. The Morgan fingerprint density at radius 2 is 2.14 bits per heavy atom. The lowest BCUT2D eigenvalue weighted by molar-refractivity contribution is 0.102. The number of fused-ring (bicyclic) bond motifs is 1. The Hall–Kier alpha value is -2.73. The predicted octanol–water partition coefficient (Wildman–Crippen LogP) is 2.58. The van der Waals surface area contributed by atoms with E-state index in [4.69, 9.17) is 9.63 Å². The zero-order valence-electron chi connectivity index (χ0n) is 12.3. The molecule has 1 amide bonds. The molecule has 0 radical (unpaired) electrons. The molecule has 0 aliphatic heterocycles. The van der Waals surface area contributed by atoms with E-state index in [1.807, 2.05) is 0 Å². The molecule has 0 aliphatic carbocycles. The molecule has 2 N–H and O–H groups in total. The van der Waals surface area contributed by atoms with Gasteiger partial charge in [-0.1, -0.05) is 17.3 Å². The summed E-state index contributed by atoms with van der Waals surface area (Å²) in [5.74, 6) is -0.267. The molecule has 2 heterocycles. The van der Waals surface area contributed by atoms with E-state index >= 15 is 0 Å². The Morgan fingerprint density at radius 3 is 2.91 bits per heavy atom. The highest BCUT2D eigenvalue weighted by atomic mass is 16.5. The highest BCUT2D eigenvalue weighted by Gasteiger charge is 2.17. The quantitative estimate of drug-likeness (QED) is 0.775. The van der Waals surface area contributed by atoms with Crippen LogP contribution >= 0.6 is 0 Å². The number of aromatic nitrogens is 2. The molecule has 3 aromatic rings. The molecule has 0 spiro atoms. The highest BCUT2D eigenvalue weighted by molar-refractivity contribution is 6.12. The number of carbonyl (C=O) groups excluding carboxylic acids is 1. The van der Waals surface area contributed by atoms with Crippen LogP contribution in [0.15, 0.2) is 34.9 Å². The van der Waals surface area contributed by atoms with Gasteiger partial charge >= 0.3 is 0 Å². The van der Waals surface area contributed by atoms with Gasteiger partial charge in [-0.3, -0.25) is 4.79 Å². The second kappa shape index (κ2) is 5.57. The standard InChI is InChI=1S/C16H15N3O3/c1-9-6-13(14-10(2)19-22-16(14)17-9)15(21)18-12-5-3-4-11(7-12)8-20/h3-7,20H,8H2,1-2H3,(H,18,21). The van der Waals surface area contributed by atoms with Crippen molar-refractivity contribution in [1.82, 2.24) is 10.1 Å². The summed E-state index contributed by atoms with van der Waals surface area (Å²) in [4.78, 5) is 16.8. The third kappa shape index (κ3) is 2.56. The van der Waals surface area contributed by atoms with Crippen molar-refractivity contribution in [2.24, 2.45) is 0 Å². The van der Waals surface area contributed by atoms with Gasteiger partial charge in [-0.15, -0.1) is 0 Å². The number of nitrogens with one attached hydrogen (secondary N) is 1. The van der Waals surface area contributed by atoms with Crippen LogP contribution in [0.1, 0.15) is 27.3 Å². The van der Waals surface area contributed by atoms with E-state index in [0.29, 0.717) is 33.7 Å². The van der Waals surface area contributed by atoms with E-state index < -0.39 is 0 Å². The zero-order valence-corrected chi connectivity index (χ0v) is 12.3. The molecule has 22 heavy (non-hydrogen) atoms. The van der Waals surface area contributed by atoms with Crippen molar-refractivity contribution >= 4 is 22.7 Å². The first-order valence-electron chi connectivity index (χ1n) is 6.83. The summed E-state index contributed by atoms with van der Waals surface area (Å²) in [6.07, 6.45) is 0. The van der Waals surface area contributed by atoms with Crippen LogP contribution in [0.5, 0.6) is 0 Å². The molecule has 0 atom stereocenters. The number of rotatable bonds is 3. The molecular weight excluding hydrogens is 282 g/mol. The number of pyridine rings is 1. The first-order chi connectivity index (χ1) is 10.6. The number of aryl methyl sites for hydroxylation is 2. The summed E-state index contributed by atoms with van der Waals surface area (Å²) in [6, 6.07) is 8.76. The van der Waals surface area contributed by atoms with Gasteiger partial charge in [0.15, 0.2) is 0 Å². The van der Waals surface area contributed by atoms with Crippen molar-refractivity contribution in [1.29, 1.82) is 0 Å². The third-order valence-corrected chi connectivity index (χ3v) is 3.36. The fraction of sp³-hybridized carbons (Fsp3) is 0.188. The van der Waals surface area contributed by atoms with E-state index in [9.17, 15) is 4.79 Å². The van der Waals surface area contributed by atoms with Crippen LogP contribution in [-0.2, 0) is 6.61 Å². The van der Waals surface area contributed by atoms with Gasteiger partial charge in [0.05, 0.1) is 23.3 Å². The second-order valence-electron chi connectivity index (χ2n) is 5.07. The van der Waals surface area contributed by atoms with E-state index in [1.54, 1.807) is 44.2 Å². The van der Waals surface area contributed by atoms with E-state index in [2.05, 4.69) is 15.5 Å². The number of anilines is 1. The first-order valence-corrected chi connectivity index (χ1v) is 6.83. The number of hydrogen-bond donors (Lipinski definition) is 2. The predicted molar refractivity (Wildman–Crippen MR) is 81.6 cm³/mol. The molecule has 3 rings (SSSR count). The normalized spacial score (nSPS) is 10.9. The topological polar surface area (TPSA) is 88.2 Å². The number of aliphatic hydroxyl groups is 1. The average molecular weight is 297 g/mol. The molecule has 0 aliphatic rings. The molecule has 0 unspecified atom stereocenters. The Labute approximate surface area is 126 Å². The van der Waals surface area contributed by atoms with Crippen LogP contribution < -0.4 is 5.32 Å². The van der Waals surface area contributed by atoms with Crippen molar-refractivity contribution in [3.63, 3.8) is 0 Å². The largest absolute Gasteiger partial charge is 0.392 e. The van der Waals surface area contributed by atoms with Crippen LogP contribution in [-0.4, -0.2) is 21.2 Å². The third-order valence-electron chi connectivity index (χ3n) is 3.36. The van der Waals surface area contributed by atoms with E-state index in [1.165, 1.54) is 0 Å². The lowest BCUT2D eigenvalue weighted by Crippen LogP contribution is -2.13. The fourth-order valence-electron chi connectivity index (χ4n) is 2.34. The molecule has 2 aromatic heterocycles. The van der Waals surface area contributed by atoms with Gasteiger partial charge in [0.25, 0.3) is 11.6 Å². The molecule has 0 saturated heterocycles. The van der Waals surface area contributed by atoms with Crippen LogP contribution in [0.2, 0.25) is 0 Å². The summed E-state index contributed by atoms with van der Waals surface area (Å²) >= 11 is 0. The lowest BCUT2D eigenvalue weighted by Gasteiger charge is -2.08. The Morgan fingerprint density at radius 1 is 1.32 bits per heavy atom. The van der Waals surface area contributed by atoms with Gasteiger partial charge < -0.3 is 14.9 Å². The van der Waals surface area contributed by atoms with Crippen molar-refractivity contribution in [2.45, 2.75) is 20.5 Å². The highest BCUT2D eigenvalue weighted by Crippen LogP contribution is 2.23. The van der Waals surface area contributed by atoms with Gasteiger partial charge in [0, 0.05) is 11.4 Å². The van der Waals surface area contributed by atoms with Gasteiger partial charge in [-0.2, -0.15) is 0 Å². The minimum absolute atomic E-state index is 0.0763. The molecular formula is C16H15N3O3. The molecule has 1 aromatic carbocycles. The number of carbonyl (C=O) groups is 1. The summed E-state index contributed by atoms with van der Waals surface area (Å²) in [5, 5.41) is 16.5. The molecule has 0 bridgehead atoms. The summed E-state index contributed by atoms with van der Waals surface area (Å²) < 4.78 is 5.13. The molecule has 0 saturated carbocycles. The van der Waals surface area contributed by atoms with Gasteiger partial charge in [0.2, 0.25) is 0 Å². The Bertz CT molecular complexity index is 855. The monoisotopic (exact) mass is 297 g/mol. The van der Waals surface area contributed by atoms with Crippen LogP contribution in [0.3, 0.4) is 0 Å². The van der Waals surface area contributed by atoms with E-state index in [-0.39, 0.29) is 12.5 Å². The number of aliphatic hydroxyl groups excluding tert-OH is 1. The molecule has 6 nitrogen and oxygen atoms in total. The Balaban J connectivity index is 2.00. The summed E-state index contributed by atoms with van der Waals surface area (Å²) in [5.41, 5.74) is 3.47. The molecule has 0 fully saturated rings. The van der Waals surface area contributed by atoms with Crippen LogP contribution in [0.4, 0.5) is 5.69 Å². The van der Waals surface area contributed by atoms with Gasteiger partial charge in [-0.25, -0.2) is 4.98 Å². The number of hydrogen-bond acceptors (Lipinski definition) is 5. The first kappa shape index (κ1) is 14.2. The minimum Gasteiger partial charge on any atom is -0.392 e. The van der Waals surface area contributed by atoms with Crippen LogP contribution in [0.25, 0.3) is 11.1 Å². The number of benzene rings is 1. The maximum Gasteiger partial charge on any atom is 0.258 e. The minimum atomic E-state index is -0.267. The molecule has 6 heteroatoms. The van der Waals surface area contributed by atoms with Crippen molar-refractivity contribution < 1.29 is 14.4 Å². The van der Waals surface area contributed by atoms with Gasteiger partial charge in [0.1, 0.15) is 0 Å². The lowest BCUT2D eigenvalue weighted by atomic mass is 10.1. The average Bonchev–Trinajstić information content (AvgIpc) is 2.87. The number of amides is 1. The zero-order chi connectivity index (χ0) is 15.7. The summed E-state index contributed by atoms with van der Waals surface area (Å²) in [7, 11) is 0. The number of nitrogens with zero attached hydrogens (tertiary/aromatic N) is 2. The Kier molecular flexibility index (Phi) is 3.60. The van der Waals surface area contributed by atoms with Crippen molar-refractivity contribution in [3.8, 4) is 0 Å². The van der Waals surface area contributed by atoms with E-state index in [0.717, 1.165) is 5.56 Å². The summed E-state index contributed by atoms with van der Waals surface area (Å²) in [6.45, 7) is 3.49. The molecule has 112 valence electrons.